The largest absolute Gasteiger partial charge is 0.393 e. The van der Waals surface area contributed by atoms with Crippen molar-refractivity contribution in [3.63, 3.8) is 0 Å². The first kappa shape index (κ1) is 12.5. The lowest BCUT2D eigenvalue weighted by Crippen LogP contribution is -2.26. The van der Waals surface area contributed by atoms with Gasteiger partial charge in [-0.1, -0.05) is 18.0 Å². The summed E-state index contributed by atoms with van der Waals surface area (Å²) in [6.07, 6.45) is 4.52. The van der Waals surface area contributed by atoms with Gasteiger partial charge in [-0.15, -0.1) is 0 Å². The first-order chi connectivity index (χ1) is 8.20. The zero-order chi connectivity index (χ0) is 12.3. The number of hydrogen-bond donors (Lipinski definition) is 1. The van der Waals surface area contributed by atoms with E-state index in [1.807, 2.05) is 6.92 Å². The van der Waals surface area contributed by atoms with E-state index >= 15 is 0 Å². The molecule has 1 aliphatic carbocycles. The molecule has 1 heterocycles. The Morgan fingerprint density at radius 1 is 1.47 bits per heavy atom. The van der Waals surface area contributed by atoms with Gasteiger partial charge in [0.1, 0.15) is 6.10 Å². The van der Waals surface area contributed by atoms with Crippen LogP contribution in [0.2, 0.25) is 0 Å². The van der Waals surface area contributed by atoms with E-state index in [-0.39, 0.29) is 18.1 Å². The molecule has 0 bridgehead atoms. The minimum Gasteiger partial charge on any atom is -0.393 e. The number of nitrogens with zero attached hydrogens (tertiary/aromatic N) is 2. The van der Waals surface area contributed by atoms with Crippen LogP contribution in [0.5, 0.6) is 0 Å². The molecule has 2 rings (SSSR count). The van der Waals surface area contributed by atoms with Crippen molar-refractivity contribution in [3.05, 3.63) is 11.7 Å². The van der Waals surface area contributed by atoms with Crippen LogP contribution in [0.15, 0.2) is 4.52 Å². The van der Waals surface area contributed by atoms with Crippen LogP contribution in [0.3, 0.4) is 0 Å². The average molecular weight is 240 g/mol. The second-order valence-corrected chi connectivity index (χ2v) is 4.74. The van der Waals surface area contributed by atoms with Crippen molar-refractivity contribution in [3.8, 4) is 0 Å². The maximum absolute atomic E-state index is 9.88. The summed E-state index contributed by atoms with van der Waals surface area (Å²) in [6, 6.07) is 0. The number of aliphatic hydroxyl groups is 1. The van der Waals surface area contributed by atoms with Crippen LogP contribution in [-0.4, -0.2) is 28.5 Å². The Hall–Kier alpha value is -0.940. The highest BCUT2D eigenvalue weighted by Gasteiger charge is 2.25. The molecule has 1 saturated carbocycles. The van der Waals surface area contributed by atoms with Gasteiger partial charge in [-0.25, -0.2) is 0 Å². The topological polar surface area (TPSA) is 68.4 Å². The fourth-order valence-corrected chi connectivity index (χ4v) is 2.27. The van der Waals surface area contributed by atoms with Crippen molar-refractivity contribution < 1.29 is 14.4 Å². The quantitative estimate of drug-likeness (QED) is 0.870. The second kappa shape index (κ2) is 5.60. The first-order valence-corrected chi connectivity index (χ1v) is 6.24. The van der Waals surface area contributed by atoms with Crippen LogP contribution in [0.4, 0.5) is 0 Å². The molecule has 96 valence electrons. The lowest BCUT2D eigenvalue weighted by Gasteiger charge is -2.26. The molecule has 1 N–H and O–H groups in total. The van der Waals surface area contributed by atoms with Crippen LogP contribution < -0.4 is 0 Å². The monoisotopic (exact) mass is 240 g/mol. The highest BCUT2D eigenvalue weighted by molar-refractivity contribution is 4.92. The Labute approximate surface area is 101 Å². The third kappa shape index (κ3) is 3.04. The summed E-state index contributed by atoms with van der Waals surface area (Å²) in [6.45, 7) is 1.88. The summed E-state index contributed by atoms with van der Waals surface area (Å²) in [4.78, 5) is 4.30. The van der Waals surface area contributed by atoms with Gasteiger partial charge in [-0.3, -0.25) is 0 Å². The number of hydrogen-bond acceptors (Lipinski definition) is 5. The van der Waals surface area contributed by atoms with E-state index in [2.05, 4.69) is 10.1 Å². The smallest absolute Gasteiger partial charge is 0.227 e. The molecule has 17 heavy (non-hydrogen) atoms. The fraction of sp³-hybridized carbons (Fsp3) is 0.833. The van der Waals surface area contributed by atoms with Gasteiger partial charge in [0.25, 0.3) is 0 Å². The van der Waals surface area contributed by atoms with Crippen molar-refractivity contribution in [1.82, 2.24) is 10.1 Å². The zero-order valence-corrected chi connectivity index (χ0v) is 10.4. The summed E-state index contributed by atoms with van der Waals surface area (Å²) in [5.41, 5.74) is 0. The third-order valence-corrected chi connectivity index (χ3v) is 3.51. The van der Waals surface area contributed by atoms with E-state index in [0.717, 1.165) is 19.3 Å². The van der Waals surface area contributed by atoms with Crippen LogP contribution in [-0.2, 0) is 11.2 Å². The van der Waals surface area contributed by atoms with E-state index in [9.17, 15) is 5.11 Å². The number of aliphatic hydroxyl groups excluding tert-OH is 1. The molecule has 0 aromatic carbocycles. The van der Waals surface area contributed by atoms with E-state index in [1.54, 1.807) is 7.11 Å². The highest BCUT2D eigenvalue weighted by Crippen LogP contribution is 2.27. The van der Waals surface area contributed by atoms with Crippen molar-refractivity contribution >= 4 is 0 Å². The molecule has 0 saturated heterocycles. The van der Waals surface area contributed by atoms with Crippen LogP contribution in [0.1, 0.15) is 50.4 Å². The highest BCUT2D eigenvalue weighted by atomic mass is 16.5. The van der Waals surface area contributed by atoms with Crippen molar-refractivity contribution in [2.45, 2.75) is 51.2 Å². The van der Waals surface area contributed by atoms with Gasteiger partial charge in [-0.2, -0.15) is 4.98 Å². The van der Waals surface area contributed by atoms with Crippen molar-refractivity contribution in [2.75, 3.05) is 7.11 Å². The van der Waals surface area contributed by atoms with Gasteiger partial charge < -0.3 is 14.4 Å². The molecular weight excluding hydrogens is 220 g/mol. The molecule has 1 aromatic rings. The standard InChI is InChI=1S/C12H20N2O3/c1-8(16-2)12-13-11(17-14-12)7-9-5-3-4-6-10(9)15/h8-10,15H,3-7H2,1-2H3. The third-order valence-electron chi connectivity index (χ3n) is 3.51. The molecule has 0 spiro atoms. The molecule has 0 aliphatic heterocycles. The van der Waals surface area contributed by atoms with Crippen LogP contribution in [0.25, 0.3) is 0 Å². The predicted octanol–water partition coefficient (Wildman–Crippen LogP) is 1.87. The number of rotatable bonds is 4. The van der Waals surface area contributed by atoms with Crippen LogP contribution in [0, 0.1) is 5.92 Å². The van der Waals surface area contributed by atoms with Gasteiger partial charge >= 0.3 is 0 Å². The SMILES string of the molecule is COC(C)c1noc(CC2CCCCC2O)n1. The summed E-state index contributed by atoms with van der Waals surface area (Å²) in [7, 11) is 1.62. The van der Waals surface area contributed by atoms with Crippen LogP contribution >= 0.6 is 0 Å². The Morgan fingerprint density at radius 2 is 2.24 bits per heavy atom. The Balaban J connectivity index is 1.96. The van der Waals surface area contributed by atoms with E-state index in [1.165, 1.54) is 6.42 Å². The minimum atomic E-state index is -0.223. The number of ether oxygens (including phenoxy) is 1. The second-order valence-electron chi connectivity index (χ2n) is 4.74. The predicted molar refractivity (Wildman–Crippen MR) is 61.4 cm³/mol. The molecule has 1 fully saturated rings. The lowest BCUT2D eigenvalue weighted by atomic mass is 9.84. The summed E-state index contributed by atoms with van der Waals surface area (Å²) in [5.74, 6) is 1.44. The molecule has 5 nitrogen and oxygen atoms in total. The Bertz CT molecular complexity index is 353. The van der Waals surface area contributed by atoms with Gasteiger partial charge in [0.15, 0.2) is 5.82 Å². The lowest BCUT2D eigenvalue weighted by molar-refractivity contribution is 0.0656. The number of aromatic nitrogens is 2. The Kier molecular flexibility index (Phi) is 4.12. The summed E-state index contributed by atoms with van der Waals surface area (Å²) in [5, 5.41) is 13.8. The Morgan fingerprint density at radius 3 is 2.94 bits per heavy atom. The maximum atomic E-state index is 9.88. The molecule has 1 aliphatic rings. The summed E-state index contributed by atoms with van der Waals surface area (Å²) < 4.78 is 10.3. The van der Waals surface area contributed by atoms with Crippen molar-refractivity contribution in [1.29, 1.82) is 0 Å². The van der Waals surface area contributed by atoms with Crippen molar-refractivity contribution in [2.24, 2.45) is 5.92 Å². The molecule has 0 radical (unpaired) electrons. The molecule has 3 unspecified atom stereocenters. The minimum absolute atomic E-state index is 0.149. The van der Waals surface area contributed by atoms with Gasteiger partial charge in [-0.05, 0) is 25.7 Å². The molecule has 1 aromatic heterocycles. The molecule has 5 heteroatoms. The average Bonchev–Trinajstić information content (AvgIpc) is 2.80. The van der Waals surface area contributed by atoms with Gasteiger partial charge in [0, 0.05) is 13.5 Å². The molecule has 3 atom stereocenters. The molecular formula is C12H20N2O3. The summed E-state index contributed by atoms with van der Waals surface area (Å²) >= 11 is 0. The maximum Gasteiger partial charge on any atom is 0.227 e. The van der Waals surface area contributed by atoms with Gasteiger partial charge in [0.2, 0.25) is 5.89 Å². The fourth-order valence-electron chi connectivity index (χ4n) is 2.27. The molecule has 0 amide bonds. The normalized spacial score (nSPS) is 27.0. The first-order valence-electron chi connectivity index (χ1n) is 6.24. The van der Waals surface area contributed by atoms with Gasteiger partial charge in [0.05, 0.1) is 6.10 Å². The zero-order valence-electron chi connectivity index (χ0n) is 10.4. The van der Waals surface area contributed by atoms with E-state index in [4.69, 9.17) is 9.26 Å². The van der Waals surface area contributed by atoms with E-state index < -0.39 is 0 Å². The number of methoxy groups -OCH3 is 1. The van der Waals surface area contributed by atoms with E-state index in [0.29, 0.717) is 18.1 Å².